The minimum atomic E-state index is -0.423. The zero-order valence-electron chi connectivity index (χ0n) is 11.4. The van der Waals surface area contributed by atoms with Gasteiger partial charge in [-0.15, -0.1) is 0 Å². The van der Waals surface area contributed by atoms with Gasteiger partial charge in [0.1, 0.15) is 11.3 Å². The number of hydrogen-bond donors (Lipinski definition) is 2. The van der Waals surface area contributed by atoms with Crippen LogP contribution in [-0.4, -0.2) is 44.0 Å². The predicted octanol–water partition coefficient (Wildman–Crippen LogP) is 0.486. The first-order valence-electron chi connectivity index (χ1n) is 5.95. The van der Waals surface area contributed by atoms with Crippen LogP contribution >= 0.6 is 0 Å². The number of methoxy groups -OCH3 is 1. The van der Waals surface area contributed by atoms with Crippen molar-refractivity contribution in [1.29, 1.82) is 0 Å². The van der Waals surface area contributed by atoms with Gasteiger partial charge in [0.15, 0.2) is 0 Å². The van der Waals surface area contributed by atoms with E-state index in [2.05, 4.69) is 5.32 Å². The Labute approximate surface area is 112 Å². The molecule has 0 aromatic heterocycles. The van der Waals surface area contributed by atoms with E-state index in [9.17, 15) is 9.59 Å². The molecule has 0 unspecified atom stereocenters. The molecule has 1 rings (SSSR count). The highest BCUT2D eigenvalue weighted by molar-refractivity contribution is 6.03. The maximum Gasteiger partial charge on any atom is 0.257 e. The molecule has 0 heterocycles. The van der Waals surface area contributed by atoms with Crippen LogP contribution in [0.3, 0.4) is 0 Å². The zero-order chi connectivity index (χ0) is 14.4. The minimum absolute atomic E-state index is 0.0688. The number of carbonyl (C=O) groups is 2. The minimum Gasteiger partial charge on any atom is -0.496 e. The molecule has 0 atom stereocenters. The van der Waals surface area contributed by atoms with Crippen molar-refractivity contribution in [2.75, 3.05) is 33.0 Å². The van der Waals surface area contributed by atoms with E-state index in [1.807, 2.05) is 6.92 Å². The molecule has 2 amide bonds. The molecule has 0 spiro atoms. The Morgan fingerprint density at radius 2 is 2.11 bits per heavy atom. The third-order valence-electron chi connectivity index (χ3n) is 2.81. The summed E-state index contributed by atoms with van der Waals surface area (Å²) in [7, 11) is 3.13. The smallest absolute Gasteiger partial charge is 0.257 e. The third-order valence-corrected chi connectivity index (χ3v) is 2.81. The van der Waals surface area contributed by atoms with E-state index in [4.69, 9.17) is 10.5 Å². The average Bonchev–Trinajstić information content (AvgIpc) is 2.42. The molecule has 6 nitrogen and oxygen atoms in total. The second kappa shape index (κ2) is 6.63. The van der Waals surface area contributed by atoms with Gasteiger partial charge in [-0.1, -0.05) is 6.07 Å². The fourth-order valence-corrected chi connectivity index (χ4v) is 1.52. The van der Waals surface area contributed by atoms with E-state index >= 15 is 0 Å². The molecule has 104 valence electrons. The van der Waals surface area contributed by atoms with Crippen LogP contribution in [0, 0.1) is 0 Å². The van der Waals surface area contributed by atoms with Crippen molar-refractivity contribution < 1.29 is 14.3 Å². The Hall–Kier alpha value is -2.24. The van der Waals surface area contributed by atoms with E-state index in [0.29, 0.717) is 18.0 Å². The monoisotopic (exact) mass is 265 g/mol. The Bertz CT molecular complexity index is 474. The summed E-state index contributed by atoms with van der Waals surface area (Å²) in [5, 5.41) is 2.54. The molecule has 0 aliphatic carbocycles. The number of benzene rings is 1. The van der Waals surface area contributed by atoms with Crippen LogP contribution < -0.4 is 15.8 Å². The van der Waals surface area contributed by atoms with Crippen LogP contribution in [0.15, 0.2) is 18.2 Å². The summed E-state index contributed by atoms with van der Waals surface area (Å²) in [5.41, 5.74) is 6.31. The Morgan fingerprint density at radius 3 is 2.68 bits per heavy atom. The van der Waals surface area contributed by atoms with Gasteiger partial charge in [0, 0.05) is 19.3 Å². The van der Waals surface area contributed by atoms with Crippen molar-refractivity contribution in [3.8, 4) is 5.75 Å². The number of likely N-dealkylation sites (N-methyl/N-ethyl adjacent to an activating group) is 1. The summed E-state index contributed by atoms with van der Waals surface area (Å²) in [6.07, 6.45) is 0. The van der Waals surface area contributed by atoms with Gasteiger partial charge in [-0.25, -0.2) is 0 Å². The van der Waals surface area contributed by atoms with Crippen molar-refractivity contribution >= 4 is 17.5 Å². The summed E-state index contributed by atoms with van der Waals surface area (Å²) >= 11 is 0. The largest absolute Gasteiger partial charge is 0.496 e. The van der Waals surface area contributed by atoms with Crippen molar-refractivity contribution in [2.45, 2.75) is 6.92 Å². The third kappa shape index (κ3) is 3.61. The predicted molar refractivity (Wildman–Crippen MR) is 73.1 cm³/mol. The number of nitrogens with zero attached hydrogens (tertiary/aromatic N) is 1. The van der Waals surface area contributed by atoms with Gasteiger partial charge in [-0.2, -0.15) is 0 Å². The number of rotatable bonds is 5. The summed E-state index contributed by atoms with van der Waals surface area (Å²) in [4.78, 5) is 25.1. The molecular weight excluding hydrogens is 246 g/mol. The van der Waals surface area contributed by atoms with Crippen molar-refractivity contribution in [2.24, 2.45) is 0 Å². The van der Waals surface area contributed by atoms with Crippen molar-refractivity contribution in [1.82, 2.24) is 10.2 Å². The Balaban J connectivity index is 2.77. The number of hydrogen-bond acceptors (Lipinski definition) is 4. The quantitative estimate of drug-likeness (QED) is 0.759. The molecule has 0 radical (unpaired) electrons. The van der Waals surface area contributed by atoms with Crippen molar-refractivity contribution in [3.63, 3.8) is 0 Å². The molecule has 1 aromatic rings. The van der Waals surface area contributed by atoms with Gasteiger partial charge in [-0.05, 0) is 19.1 Å². The van der Waals surface area contributed by atoms with E-state index in [-0.39, 0.29) is 18.0 Å². The lowest BCUT2D eigenvalue weighted by Gasteiger charge is -2.15. The molecule has 6 heteroatoms. The summed E-state index contributed by atoms with van der Waals surface area (Å²) in [6, 6.07) is 4.95. The molecule has 0 bridgehead atoms. The maximum absolute atomic E-state index is 12.0. The van der Waals surface area contributed by atoms with Crippen LogP contribution in [-0.2, 0) is 4.79 Å². The molecule has 0 saturated heterocycles. The fourth-order valence-electron chi connectivity index (χ4n) is 1.52. The lowest BCUT2D eigenvalue weighted by atomic mass is 10.1. The molecule has 19 heavy (non-hydrogen) atoms. The van der Waals surface area contributed by atoms with Gasteiger partial charge < -0.3 is 20.7 Å². The number of carbonyl (C=O) groups excluding carboxylic acids is 2. The van der Waals surface area contributed by atoms with Gasteiger partial charge in [0.2, 0.25) is 5.91 Å². The molecule has 0 aliphatic rings. The number of anilines is 1. The molecule has 3 N–H and O–H groups in total. The highest BCUT2D eigenvalue weighted by Gasteiger charge is 2.17. The number of nitrogens with one attached hydrogen (secondary N) is 1. The second-order valence-electron chi connectivity index (χ2n) is 4.02. The first-order chi connectivity index (χ1) is 9.01. The van der Waals surface area contributed by atoms with E-state index < -0.39 is 5.91 Å². The summed E-state index contributed by atoms with van der Waals surface area (Å²) in [5.74, 6) is -0.203. The van der Waals surface area contributed by atoms with Gasteiger partial charge in [0.25, 0.3) is 5.91 Å². The Kier molecular flexibility index (Phi) is 5.17. The topological polar surface area (TPSA) is 84.7 Å². The first-order valence-corrected chi connectivity index (χ1v) is 5.95. The highest BCUT2D eigenvalue weighted by atomic mass is 16.5. The summed E-state index contributed by atoms with van der Waals surface area (Å²) < 4.78 is 5.09. The van der Waals surface area contributed by atoms with Crippen LogP contribution in [0.1, 0.15) is 17.3 Å². The number of ether oxygens (including phenoxy) is 1. The van der Waals surface area contributed by atoms with E-state index in [1.54, 1.807) is 25.2 Å². The maximum atomic E-state index is 12.0. The standard InChI is InChI=1S/C13H19N3O3/c1-4-16(2)11(17)8-15-13(18)12-9(14)6-5-7-10(12)19-3/h5-7H,4,8,14H2,1-3H3,(H,15,18). The zero-order valence-corrected chi connectivity index (χ0v) is 11.4. The normalized spacial score (nSPS) is 9.84. The summed E-state index contributed by atoms with van der Waals surface area (Å²) in [6.45, 7) is 2.38. The fraction of sp³-hybridized carbons (Fsp3) is 0.385. The average molecular weight is 265 g/mol. The van der Waals surface area contributed by atoms with E-state index in [0.717, 1.165) is 0 Å². The van der Waals surface area contributed by atoms with Gasteiger partial charge in [-0.3, -0.25) is 9.59 Å². The van der Waals surface area contributed by atoms with Crippen LogP contribution in [0.5, 0.6) is 5.75 Å². The van der Waals surface area contributed by atoms with Gasteiger partial charge >= 0.3 is 0 Å². The molecule has 0 saturated carbocycles. The molecule has 0 fully saturated rings. The molecule has 1 aromatic carbocycles. The molecular formula is C13H19N3O3. The number of amides is 2. The van der Waals surface area contributed by atoms with Crippen LogP contribution in [0.25, 0.3) is 0 Å². The second-order valence-corrected chi connectivity index (χ2v) is 4.02. The Morgan fingerprint density at radius 1 is 1.42 bits per heavy atom. The molecule has 0 aliphatic heterocycles. The lowest BCUT2D eigenvalue weighted by molar-refractivity contribution is -0.128. The van der Waals surface area contributed by atoms with Crippen LogP contribution in [0.4, 0.5) is 5.69 Å². The lowest BCUT2D eigenvalue weighted by Crippen LogP contribution is -2.38. The number of nitrogens with two attached hydrogens (primary N) is 1. The SMILES string of the molecule is CCN(C)C(=O)CNC(=O)c1c(N)cccc1OC. The van der Waals surface area contributed by atoms with Crippen LogP contribution in [0.2, 0.25) is 0 Å². The first kappa shape index (κ1) is 14.8. The number of nitrogen functional groups attached to an aromatic ring is 1. The highest BCUT2D eigenvalue weighted by Crippen LogP contribution is 2.23. The van der Waals surface area contributed by atoms with Crippen molar-refractivity contribution in [3.05, 3.63) is 23.8 Å². The van der Waals surface area contributed by atoms with E-state index in [1.165, 1.54) is 12.0 Å². The van der Waals surface area contributed by atoms with Gasteiger partial charge in [0.05, 0.1) is 13.7 Å².